The molecule has 2 nitrogen and oxygen atoms in total. The molecule has 1 saturated heterocycles. The molecule has 1 heterocycles. The van der Waals surface area contributed by atoms with E-state index in [1.165, 1.54) is 23.1 Å². The molecule has 1 fully saturated rings. The second-order valence-electron chi connectivity index (χ2n) is 5.00. The van der Waals surface area contributed by atoms with Crippen molar-refractivity contribution in [1.29, 1.82) is 0 Å². The van der Waals surface area contributed by atoms with Crippen LogP contribution in [-0.4, -0.2) is 30.6 Å². The molecule has 0 bridgehead atoms. The molecule has 17 heavy (non-hydrogen) atoms. The van der Waals surface area contributed by atoms with Crippen LogP contribution in [-0.2, 0) is 0 Å². The summed E-state index contributed by atoms with van der Waals surface area (Å²) >= 11 is 2.31. The lowest BCUT2D eigenvalue weighted by atomic mass is 10.2. The van der Waals surface area contributed by atoms with E-state index in [0.29, 0.717) is 6.04 Å². The number of nitrogens with zero attached hydrogens (tertiary/aromatic N) is 1. The number of rotatable bonds is 4. The third kappa shape index (κ3) is 3.85. The van der Waals surface area contributed by atoms with Gasteiger partial charge in [0.15, 0.2) is 0 Å². The van der Waals surface area contributed by atoms with Crippen molar-refractivity contribution in [2.75, 3.05) is 19.7 Å². The predicted octanol–water partition coefficient (Wildman–Crippen LogP) is 3.40. The van der Waals surface area contributed by atoms with Gasteiger partial charge in [0.1, 0.15) is 12.4 Å². The Bertz CT molecular complexity index is 352. The highest BCUT2D eigenvalue weighted by Crippen LogP contribution is 2.19. The first kappa shape index (κ1) is 13.1. The molecule has 2 unspecified atom stereocenters. The summed E-state index contributed by atoms with van der Waals surface area (Å²) in [4.78, 5) is 2.53. The molecule has 1 aliphatic heterocycles. The lowest BCUT2D eigenvalue weighted by Gasteiger charge is -2.24. The molecule has 0 aliphatic carbocycles. The number of halogens is 1. The summed E-state index contributed by atoms with van der Waals surface area (Å²) in [6, 6.07) is 8.76. The zero-order valence-electron chi connectivity index (χ0n) is 10.5. The van der Waals surface area contributed by atoms with E-state index in [9.17, 15) is 0 Å². The number of ether oxygens (including phenoxy) is 1. The van der Waals surface area contributed by atoms with Crippen LogP contribution in [0.2, 0.25) is 0 Å². The first-order valence-corrected chi connectivity index (χ1v) is 7.35. The van der Waals surface area contributed by atoms with Crippen molar-refractivity contribution in [2.24, 2.45) is 5.92 Å². The summed E-state index contributed by atoms with van der Waals surface area (Å²) in [5.41, 5.74) is 0. The number of likely N-dealkylation sites (tertiary alicyclic amines) is 1. The Labute approximate surface area is 117 Å². The summed E-state index contributed by atoms with van der Waals surface area (Å²) in [6.07, 6.45) is 1.33. The van der Waals surface area contributed by atoms with Gasteiger partial charge in [-0.1, -0.05) is 6.92 Å². The Morgan fingerprint density at radius 3 is 2.71 bits per heavy atom. The van der Waals surface area contributed by atoms with E-state index in [1.807, 2.05) is 12.1 Å². The Hall–Kier alpha value is -0.290. The minimum absolute atomic E-state index is 0.513. The summed E-state index contributed by atoms with van der Waals surface area (Å²) in [6.45, 7) is 7.81. The summed E-state index contributed by atoms with van der Waals surface area (Å²) < 4.78 is 7.07. The first-order valence-electron chi connectivity index (χ1n) is 6.27. The van der Waals surface area contributed by atoms with Crippen molar-refractivity contribution in [3.8, 4) is 5.75 Å². The van der Waals surface area contributed by atoms with Crippen LogP contribution in [0.5, 0.6) is 5.75 Å². The SMILES string of the molecule is CC1CCN(C(C)COc2ccc(I)cc2)C1. The molecule has 2 rings (SSSR count). The Kier molecular flexibility index (Phi) is 4.68. The molecule has 0 amide bonds. The third-order valence-corrected chi connectivity index (χ3v) is 4.10. The van der Waals surface area contributed by atoms with Crippen molar-refractivity contribution >= 4 is 22.6 Å². The fourth-order valence-corrected chi connectivity index (χ4v) is 2.58. The Morgan fingerprint density at radius 1 is 1.41 bits per heavy atom. The third-order valence-electron chi connectivity index (χ3n) is 3.38. The molecule has 1 aromatic rings. The smallest absolute Gasteiger partial charge is 0.119 e. The van der Waals surface area contributed by atoms with Gasteiger partial charge >= 0.3 is 0 Å². The Balaban J connectivity index is 1.79. The fraction of sp³-hybridized carbons (Fsp3) is 0.571. The molecule has 1 aromatic carbocycles. The molecule has 0 N–H and O–H groups in total. The molecule has 2 atom stereocenters. The Morgan fingerprint density at radius 2 is 2.12 bits per heavy atom. The highest BCUT2D eigenvalue weighted by atomic mass is 127. The normalized spacial score (nSPS) is 22.6. The van der Waals surface area contributed by atoms with Gasteiger partial charge in [0.05, 0.1) is 0 Å². The van der Waals surface area contributed by atoms with Crippen LogP contribution in [0.4, 0.5) is 0 Å². The van der Waals surface area contributed by atoms with Crippen LogP contribution in [0.3, 0.4) is 0 Å². The van der Waals surface area contributed by atoms with Crippen molar-refractivity contribution < 1.29 is 4.74 Å². The van der Waals surface area contributed by atoms with Crippen LogP contribution in [0, 0.1) is 9.49 Å². The highest BCUT2D eigenvalue weighted by molar-refractivity contribution is 14.1. The summed E-state index contributed by atoms with van der Waals surface area (Å²) in [5.74, 6) is 1.82. The maximum atomic E-state index is 5.83. The molecule has 3 heteroatoms. The minimum atomic E-state index is 0.513. The molecular weight excluding hydrogens is 325 g/mol. The van der Waals surface area contributed by atoms with Gasteiger partial charge in [-0.2, -0.15) is 0 Å². The average Bonchev–Trinajstić information content (AvgIpc) is 2.75. The number of hydrogen-bond acceptors (Lipinski definition) is 2. The van der Waals surface area contributed by atoms with Gasteiger partial charge in [-0.25, -0.2) is 0 Å². The van der Waals surface area contributed by atoms with Crippen molar-refractivity contribution in [3.05, 3.63) is 27.8 Å². The molecule has 0 aromatic heterocycles. The highest BCUT2D eigenvalue weighted by Gasteiger charge is 2.23. The first-order chi connectivity index (χ1) is 8.15. The van der Waals surface area contributed by atoms with Gasteiger partial charge in [0.25, 0.3) is 0 Å². The zero-order chi connectivity index (χ0) is 12.3. The van der Waals surface area contributed by atoms with Crippen LogP contribution in [0.15, 0.2) is 24.3 Å². The second-order valence-corrected chi connectivity index (χ2v) is 6.25. The molecule has 94 valence electrons. The van der Waals surface area contributed by atoms with Crippen LogP contribution in [0.25, 0.3) is 0 Å². The maximum Gasteiger partial charge on any atom is 0.119 e. The zero-order valence-corrected chi connectivity index (χ0v) is 12.7. The lowest BCUT2D eigenvalue weighted by molar-refractivity contribution is 0.169. The van der Waals surface area contributed by atoms with E-state index in [-0.39, 0.29) is 0 Å². The van der Waals surface area contributed by atoms with Crippen molar-refractivity contribution in [3.63, 3.8) is 0 Å². The summed E-state index contributed by atoms with van der Waals surface area (Å²) in [7, 11) is 0. The molecular formula is C14H20INO. The molecule has 0 radical (unpaired) electrons. The van der Waals surface area contributed by atoms with E-state index in [4.69, 9.17) is 4.74 Å². The minimum Gasteiger partial charge on any atom is -0.492 e. The van der Waals surface area contributed by atoms with Gasteiger partial charge in [-0.3, -0.25) is 4.90 Å². The lowest BCUT2D eigenvalue weighted by Crippen LogP contribution is -2.35. The quantitative estimate of drug-likeness (QED) is 0.776. The maximum absolute atomic E-state index is 5.83. The second kappa shape index (κ2) is 6.05. The van der Waals surface area contributed by atoms with Gasteiger partial charge in [-0.15, -0.1) is 0 Å². The van der Waals surface area contributed by atoms with Gasteiger partial charge in [0.2, 0.25) is 0 Å². The molecule has 0 saturated carbocycles. The predicted molar refractivity (Wildman–Crippen MR) is 79.5 cm³/mol. The summed E-state index contributed by atoms with van der Waals surface area (Å²) in [5, 5.41) is 0. The number of hydrogen-bond donors (Lipinski definition) is 0. The average molecular weight is 345 g/mol. The van der Waals surface area contributed by atoms with Crippen molar-refractivity contribution in [2.45, 2.75) is 26.3 Å². The van der Waals surface area contributed by atoms with Crippen LogP contribution in [0.1, 0.15) is 20.3 Å². The van der Waals surface area contributed by atoms with Crippen LogP contribution < -0.4 is 4.74 Å². The largest absolute Gasteiger partial charge is 0.492 e. The van der Waals surface area contributed by atoms with Crippen molar-refractivity contribution in [1.82, 2.24) is 4.90 Å². The van der Waals surface area contributed by atoms with E-state index in [2.05, 4.69) is 53.5 Å². The topological polar surface area (TPSA) is 12.5 Å². The van der Waals surface area contributed by atoms with E-state index in [1.54, 1.807) is 0 Å². The van der Waals surface area contributed by atoms with Gasteiger partial charge in [-0.05, 0) is 72.7 Å². The van der Waals surface area contributed by atoms with E-state index < -0.39 is 0 Å². The fourth-order valence-electron chi connectivity index (χ4n) is 2.22. The van der Waals surface area contributed by atoms with E-state index in [0.717, 1.165) is 18.3 Å². The van der Waals surface area contributed by atoms with Gasteiger partial charge in [0, 0.05) is 16.2 Å². The molecule has 1 aliphatic rings. The van der Waals surface area contributed by atoms with Gasteiger partial charge < -0.3 is 4.74 Å². The van der Waals surface area contributed by atoms with E-state index >= 15 is 0 Å². The number of benzene rings is 1. The monoisotopic (exact) mass is 345 g/mol. The van der Waals surface area contributed by atoms with Crippen LogP contribution >= 0.6 is 22.6 Å². The standard InChI is InChI=1S/C14H20INO/c1-11-7-8-16(9-11)12(2)10-17-14-5-3-13(15)4-6-14/h3-6,11-12H,7-10H2,1-2H3. The molecule has 0 spiro atoms.